The quantitative estimate of drug-likeness (QED) is 0.215. The number of aromatic nitrogens is 7. The fourth-order valence-corrected chi connectivity index (χ4v) is 6.06. The molecule has 9 rings (SSSR count). The summed E-state index contributed by atoms with van der Waals surface area (Å²) in [4.78, 5) is 25.1. The van der Waals surface area contributed by atoms with Gasteiger partial charge in [-0.1, -0.05) is 97.1 Å². The number of benzene rings is 4. The highest BCUT2D eigenvalue weighted by atomic mass is 15.2. The molecular formula is C37H23N7. The van der Waals surface area contributed by atoms with Crippen LogP contribution >= 0.6 is 0 Å². The van der Waals surface area contributed by atoms with Gasteiger partial charge in [0, 0.05) is 28.4 Å². The van der Waals surface area contributed by atoms with Gasteiger partial charge < -0.3 is 4.57 Å². The maximum absolute atomic E-state index is 5.31. The molecule has 0 spiro atoms. The number of fused-ring (bicyclic) bond motifs is 6. The molecule has 0 unspecified atom stereocenters. The van der Waals surface area contributed by atoms with Gasteiger partial charge >= 0.3 is 0 Å². The van der Waals surface area contributed by atoms with Crippen molar-refractivity contribution in [2.24, 2.45) is 0 Å². The Labute approximate surface area is 251 Å². The SMILES string of the molecule is c1ccc(-c2nc(-c3ccccc3)nc(-n3c4ccccc4c4nc5c6ncccc6n(-c6ccccc6)c5cc43)n2)cc1. The Morgan fingerprint density at radius 2 is 1.00 bits per heavy atom. The van der Waals surface area contributed by atoms with Crippen molar-refractivity contribution in [3.8, 4) is 34.4 Å². The molecule has 4 aromatic carbocycles. The van der Waals surface area contributed by atoms with Crippen molar-refractivity contribution in [3.63, 3.8) is 0 Å². The summed E-state index contributed by atoms with van der Waals surface area (Å²) in [7, 11) is 0. The van der Waals surface area contributed by atoms with Gasteiger partial charge in [-0.3, -0.25) is 9.55 Å². The van der Waals surface area contributed by atoms with Crippen LogP contribution < -0.4 is 0 Å². The first-order chi connectivity index (χ1) is 21.8. The van der Waals surface area contributed by atoms with Crippen LogP contribution in [0.15, 0.2) is 140 Å². The number of rotatable bonds is 4. The van der Waals surface area contributed by atoms with Gasteiger partial charge in [-0.2, -0.15) is 9.97 Å². The molecule has 0 aliphatic heterocycles. The van der Waals surface area contributed by atoms with E-state index in [4.69, 9.17) is 24.9 Å². The average molecular weight is 566 g/mol. The predicted octanol–water partition coefficient (Wildman–Crippen LogP) is 8.19. The highest BCUT2D eigenvalue weighted by molar-refractivity contribution is 6.14. The Kier molecular flexibility index (Phi) is 5.36. The van der Waals surface area contributed by atoms with Crippen molar-refractivity contribution in [3.05, 3.63) is 140 Å². The first-order valence-corrected chi connectivity index (χ1v) is 14.5. The highest BCUT2D eigenvalue weighted by Gasteiger charge is 2.22. The van der Waals surface area contributed by atoms with Crippen LogP contribution in [-0.2, 0) is 0 Å². The summed E-state index contributed by atoms with van der Waals surface area (Å²) < 4.78 is 4.34. The van der Waals surface area contributed by atoms with Gasteiger partial charge in [0.05, 0.1) is 27.6 Å². The maximum atomic E-state index is 5.31. The van der Waals surface area contributed by atoms with Crippen LogP contribution in [0.4, 0.5) is 0 Å². The lowest BCUT2D eigenvalue weighted by molar-refractivity contribution is 0.953. The molecule has 7 heteroatoms. The minimum absolute atomic E-state index is 0.533. The number of nitrogens with zero attached hydrogens (tertiary/aromatic N) is 7. The van der Waals surface area contributed by atoms with Crippen LogP contribution in [0, 0.1) is 0 Å². The smallest absolute Gasteiger partial charge is 0.238 e. The average Bonchev–Trinajstić information content (AvgIpc) is 3.60. The molecule has 0 atom stereocenters. The molecule has 0 radical (unpaired) electrons. The molecule has 7 nitrogen and oxygen atoms in total. The van der Waals surface area contributed by atoms with Crippen LogP contribution in [-0.4, -0.2) is 34.1 Å². The lowest BCUT2D eigenvalue weighted by Gasteiger charge is -2.11. The summed E-state index contributed by atoms with van der Waals surface area (Å²) in [5, 5.41) is 1.02. The van der Waals surface area contributed by atoms with Gasteiger partial charge in [0.1, 0.15) is 11.0 Å². The molecule has 0 saturated carbocycles. The van der Waals surface area contributed by atoms with Gasteiger partial charge in [0.15, 0.2) is 11.6 Å². The highest BCUT2D eigenvalue weighted by Crippen LogP contribution is 2.37. The van der Waals surface area contributed by atoms with Gasteiger partial charge in [0.25, 0.3) is 0 Å². The summed E-state index contributed by atoms with van der Waals surface area (Å²) in [6.07, 6.45) is 1.83. The van der Waals surface area contributed by atoms with E-state index in [2.05, 4.69) is 45.5 Å². The topological polar surface area (TPSA) is 74.3 Å². The third kappa shape index (κ3) is 3.73. The summed E-state index contributed by atoms with van der Waals surface area (Å²) in [6, 6.07) is 45.0. The van der Waals surface area contributed by atoms with E-state index in [1.165, 1.54) is 0 Å². The third-order valence-corrected chi connectivity index (χ3v) is 8.02. The van der Waals surface area contributed by atoms with E-state index in [1.54, 1.807) is 0 Å². The first-order valence-electron chi connectivity index (χ1n) is 14.5. The molecule has 5 aromatic heterocycles. The maximum Gasteiger partial charge on any atom is 0.238 e. The molecule has 0 amide bonds. The molecular weight excluding hydrogens is 542 g/mol. The van der Waals surface area contributed by atoms with E-state index in [1.807, 2.05) is 103 Å². The van der Waals surface area contributed by atoms with Crippen LogP contribution in [0.5, 0.6) is 0 Å². The van der Waals surface area contributed by atoms with Crippen LogP contribution in [0.25, 0.3) is 78.4 Å². The summed E-state index contributed by atoms with van der Waals surface area (Å²) >= 11 is 0. The summed E-state index contributed by atoms with van der Waals surface area (Å²) in [5.41, 5.74) is 9.31. The van der Waals surface area contributed by atoms with Crippen LogP contribution in [0.2, 0.25) is 0 Å². The van der Waals surface area contributed by atoms with Crippen molar-refractivity contribution in [2.45, 2.75) is 0 Å². The zero-order valence-electron chi connectivity index (χ0n) is 23.4. The minimum atomic E-state index is 0.533. The molecule has 206 valence electrons. The Balaban J connectivity index is 1.41. The molecule has 0 saturated heterocycles. The van der Waals surface area contributed by atoms with Gasteiger partial charge in [-0.15, -0.1) is 0 Å². The van der Waals surface area contributed by atoms with E-state index in [0.29, 0.717) is 17.6 Å². The van der Waals surface area contributed by atoms with Gasteiger partial charge in [0.2, 0.25) is 5.95 Å². The van der Waals surface area contributed by atoms with Crippen molar-refractivity contribution in [1.29, 1.82) is 0 Å². The largest absolute Gasteiger partial charge is 0.306 e. The number of pyridine rings is 2. The second-order valence-corrected chi connectivity index (χ2v) is 10.6. The number of hydrogen-bond donors (Lipinski definition) is 0. The molecule has 0 aliphatic rings. The lowest BCUT2D eigenvalue weighted by Crippen LogP contribution is -2.06. The standard InChI is InChI=1S/C37H23N7/c1-4-13-24(14-5-1)35-40-36(25-15-6-2-7-16-25)42-37(41-35)44-28-20-11-10-19-27(28)32-30(44)23-31-34(39-32)33-29(21-12-22-38-33)43(31)26-17-8-3-9-18-26/h1-23H. The van der Waals surface area contributed by atoms with Gasteiger partial charge in [-0.05, 0) is 36.4 Å². The molecule has 0 bridgehead atoms. The third-order valence-electron chi connectivity index (χ3n) is 8.02. The molecule has 0 aliphatic carbocycles. The van der Waals surface area contributed by atoms with E-state index in [9.17, 15) is 0 Å². The Morgan fingerprint density at radius 3 is 1.70 bits per heavy atom. The van der Waals surface area contributed by atoms with E-state index in [-0.39, 0.29) is 0 Å². The second kappa shape index (κ2) is 9.68. The van der Waals surface area contributed by atoms with E-state index >= 15 is 0 Å². The first kappa shape index (κ1) is 24.4. The van der Waals surface area contributed by atoms with E-state index in [0.717, 1.165) is 60.8 Å². The zero-order valence-corrected chi connectivity index (χ0v) is 23.4. The second-order valence-electron chi connectivity index (χ2n) is 10.6. The van der Waals surface area contributed by atoms with Crippen LogP contribution in [0.3, 0.4) is 0 Å². The summed E-state index contributed by atoms with van der Waals surface area (Å²) in [5.74, 6) is 1.75. The normalized spacial score (nSPS) is 11.6. The monoisotopic (exact) mass is 565 g/mol. The molecule has 9 aromatic rings. The minimum Gasteiger partial charge on any atom is -0.306 e. The summed E-state index contributed by atoms with van der Waals surface area (Å²) in [6.45, 7) is 0. The molecule has 0 fully saturated rings. The van der Waals surface area contributed by atoms with Crippen molar-refractivity contribution in [1.82, 2.24) is 34.1 Å². The molecule has 44 heavy (non-hydrogen) atoms. The Hall–Kier alpha value is -6.21. The number of hydrogen-bond acceptors (Lipinski definition) is 5. The number of para-hydroxylation sites is 2. The fraction of sp³-hybridized carbons (Fsp3) is 0. The lowest BCUT2D eigenvalue weighted by atomic mass is 10.2. The van der Waals surface area contributed by atoms with Crippen LogP contribution in [0.1, 0.15) is 0 Å². The van der Waals surface area contributed by atoms with E-state index < -0.39 is 0 Å². The molecule has 5 heterocycles. The van der Waals surface area contributed by atoms with Crippen molar-refractivity contribution >= 4 is 44.0 Å². The van der Waals surface area contributed by atoms with Gasteiger partial charge in [-0.25, -0.2) is 9.97 Å². The van der Waals surface area contributed by atoms with Crippen molar-refractivity contribution in [2.75, 3.05) is 0 Å². The fourth-order valence-electron chi connectivity index (χ4n) is 6.06. The molecule has 0 N–H and O–H groups in total. The predicted molar refractivity (Wildman–Crippen MR) is 175 cm³/mol. The Morgan fingerprint density at radius 1 is 0.409 bits per heavy atom. The van der Waals surface area contributed by atoms with Crippen molar-refractivity contribution < 1.29 is 0 Å². The zero-order chi connectivity index (χ0) is 29.0. The Bertz CT molecular complexity index is 2420.